The number of ether oxygens (including phenoxy) is 1. The fourth-order valence-corrected chi connectivity index (χ4v) is 3.59. The fraction of sp³-hybridized carbons (Fsp3) is 0.474. The van der Waals surface area contributed by atoms with Crippen LogP contribution in [-0.2, 0) is 11.4 Å². The highest BCUT2D eigenvalue weighted by molar-refractivity contribution is 5.58. The van der Waals surface area contributed by atoms with Gasteiger partial charge in [-0.05, 0) is 51.0 Å². The molecule has 0 amide bonds. The van der Waals surface area contributed by atoms with Crippen LogP contribution < -0.4 is 10.5 Å². The molecule has 1 unspecified atom stereocenters. The number of rotatable bonds is 3. The predicted molar refractivity (Wildman–Crippen MR) is 97.1 cm³/mol. The predicted octanol–water partition coefficient (Wildman–Crippen LogP) is 2.55. The van der Waals surface area contributed by atoms with Crippen LogP contribution in [0, 0.1) is 19.7 Å². The number of aromatic nitrogens is 2. The maximum Gasteiger partial charge on any atom is 0.259 e. The van der Waals surface area contributed by atoms with Gasteiger partial charge in [-0.25, -0.2) is 9.37 Å². The van der Waals surface area contributed by atoms with Crippen LogP contribution in [0.4, 0.5) is 16.0 Å². The lowest BCUT2D eigenvalue weighted by atomic mass is 10.2. The summed E-state index contributed by atoms with van der Waals surface area (Å²) in [5.41, 5.74) is 2.16. The third kappa shape index (κ3) is 3.12. The summed E-state index contributed by atoms with van der Waals surface area (Å²) >= 11 is 0. The molecule has 1 fully saturated rings. The van der Waals surface area contributed by atoms with E-state index in [0.29, 0.717) is 24.8 Å². The molecule has 0 radical (unpaired) electrons. The summed E-state index contributed by atoms with van der Waals surface area (Å²) in [6.45, 7) is 6.28. The van der Waals surface area contributed by atoms with Gasteiger partial charge < -0.3 is 4.74 Å². The highest BCUT2D eigenvalue weighted by Gasteiger charge is 2.29. The Balaban J connectivity index is 1.74. The maximum absolute atomic E-state index is 13.4. The molecular formula is C19H23FN4O2. The van der Waals surface area contributed by atoms with Gasteiger partial charge in [0, 0.05) is 30.1 Å². The Hall–Kier alpha value is -2.25. The number of nitrogens with zero attached hydrogens (tertiary/aromatic N) is 4. The second kappa shape index (κ2) is 6.81. The quantitative estimate of drug-likeness (QED) is 0.844. The molecule has 0 bridgehead atoms. The number of hydrogen-bond donors (Lipinski definition) is 0. The summed E-state index contributed by atoms with van der Waals surface area (Å²) in [5, 5.41) is 0. The molecule has 1 aromatic carbocycles. The van der Waals surface area contributed by atoms with Crippen LogP contribution in [0.25, 0.3) is 0 Å². The molecule has 1 aromatic heterocycles. The summed E-state index contributed by atoms with van der Waals surface area (Å²) in [6.07, 6.45) is 2.32. The van der Waals surface area contributed by atoms with E-state index in [9.17, 15) is 9.18 Å². The molecule has 26 heavy (non-hydrogen) atoms. The van der Waals surface area contributed by atoms with E-state index >= 15 is 0 Å². The smallest absolute Gasteiger partial charge is 0.259 e. The second-order valence-corrected chi connectivity index (χ2v) is 7.03. The third-order valence-electron chi connectivity index (χ3n) is 5.17. The lowest BCUT2D eigenvalue weighted by Crippen LogP contribution is -2.49. The van der Waals surface area contributed by atoms with Crippen molar-refractivity contribution in [2.75, 3.05) is 24.7 Å². The van der Waals surface area contributed by atoms with Gasteiger partial charge in [0.05, 0.1) is 19.4 Å². The van der Waals surface area contributed by atoms with Gasteiger partial charge in [-0.3, -0.25) is 19.2 Å². The standard InChI is InChI=1S/C19H23FN4O2/c1-13-14(2)21-19-23(16-7-5-15(20)6-8-16)11-22(12-24(19)18(13)25)10-17-4-3-9-26-17/h5-8,17H,3-4,9-12H2,1-2H3. The van der Waals surface area contributed by atoms with Gasteiger partial charge in [-0.2, -0.15) is 0 Å². The first-order valence-corrected chi connectivity index (χ1v) is 8.98. The Morgan fingerprint density at radius 3 is 2.69 bits per heavy atom. The highest BCUT2D eigenvalue weighted by Crippen LogP contribution is 2.28. The zero-order valence-electron chi connectivity index (χ0n) is 15.1. The Kier molecular flexibility index (Phi) is 4.50. The summed E-state index contributed by atoms with van der Waals surface area (Å²) in [5.74, 6) is 0.320. The van der Waals surface area contributed by atoms with Gasteiger partial charge >= 0.3 is 0 Å². The van der Waals surface area contributed by atoms with Gasteiger partial charge in [0.15, 0.2) is 0 Å². The highest BCUT2D eigenvalue weighted by atomic mass is 19.1. The second-order valence-electron chi connectivity index (χ2n) is 7.03. The largest absolute Gasteiger partial charge is 0.377 e. The topological polar surface area (TPSA) is 50.6 Å². The zero-order valence-corrected chi connectivity index (χ0v) is 15.1. The van der Waals surface area contributed by atoms with Crippen LogP contribution >= 0.6 is 0 Å². The minimum absolute atomic E-state index is 0.0309. The molecule has 2 aromatic rings. The molecule has 2 aliphatic heterocycles. The van der Waals surface area contributed by atoms with E-state index in [1.165, 1.54) is 12.1 Å². The third-order valence-corrected chi connectivity index (χ3v) is 5.17. The molecule has 7 heteroatoms. The van der Waals surface area contributed by atoms with Gasteiger partial charge in [0.2, 0.25) is 5.95 Å². The molecule has 6 nitrogen and oxygen atoms in total. The van der Waals surface area contributed by atoms with Crippen molar-refractivity contribution in [1.82, 2.24) is 14.5 Å². The van der Waals surface area contributed by atoms with E-state index in [-0.39, 0.29) is 17.5 Å². The van der Waals surface area contributed by atoms with Crippen LogP contribution in [0.15, 0.2) is 29.1 Å². The number of halogens is 1. The molecule has 1 atom stereocenters. The first kappa shape index (κ1) is 17.2. The SMILES string of the molecule is Cc1nc2n(c(=O)c1C)CN(CC1CCCO1)CN2c1ccc(F)cc1. The van der Waals surface area contributed by atoms with E-state index in [1.807, 2.05) is 11.8 Å². The fourth-order valence-electron chi connectivity index (χ4n) is 3.59. The van der Waals surface area contributed by atoms with E-state index in [1.54, 1.807) is 23.6 Å². The van der Waals surface area contributed by atoms with E-state index < -0.39 is 0 Å². The monoisotopic (exact) mass is 358 g/mol. The summed E-state index contributed by atoms with van der Waals surface area (Å²) in [7, 11) is 0. The van der Waals surface area contributed by atoms with Crippen LogP contribution in [-0.4, -0.2) is 40.4 Å². The minimum atomic E-state index is -0.285. The number of aryl methyl sites for hydroxylation is 1. The average molecular weight is 358 g/mol. The van der Waals surface area contributed by atoms with Crippen molar-refractivity contribution < 1.29 is 9.13 Å². The van der Waals surface area contributed by atoms with Gasteiger partial charge in [0.25, 0.3) is 5.56 Å². The first-order chi connectivity index (χ1) is 12.5. The number of hydrogen-bond acceptors (Lipinski definition) is 5. The summed E-state index contributed by atoms with van der Waals surface area (Å²) in [4.78, 5) is 21.6. The normalized spacial score (nSPS) is 20.4. The van der Waals surface area contributed by atoms with Crippen molar-refractivity contribution in [3.05, 3.63) is 51.7 Å². The van der Waals surface area contributed by atoms with Crippen LogP contribution in [0.5, 0.6) is 0 Å². The van der Waals surface area contributed by atoms with Crippen molar-refractivity contribution in [3.63, 3.8) is 0 Å². The van der Waals surface area contributed by atoms with E-state index in [4.69, 9.17) is 4.74 Å². The molecule has 3 heterocycles. The summed E-state index contributed by atoms with van der Waals surface area (Å²) in [6, 6.07) is 6.29. The number of fused-ring (bicyclic) bond motifs is 1. The van der Waals surface area contributed by atoms with Crippen molar-refractivity contribution in [2.45, 2.75) is 39.5 Å². The Bertz CT molecular complexity index is 859. The summed E-state index contributed by atoms with van der Waals surface area (Å²) < 4.78 is 20.8. The van der Waals surface area contributed by atoms with Crippen molar-refractivity contribution in [1.29, 1.82) is 0 Å². The molecule has 0 aliphatic carbocycles. The lowest BCUT2D eigenvalue weighted by molar-refractivity contribution is 0.0584. The van der Waals surface area contributed by atoms with E-state index in [2.05, 4.69) is 9.88 Å². The van der Waals surface area contributed by atoms with Gasteiger partial charge in [-0.1, -0.05) is 0 Å². The van der Waals surface area contributed by atoms with Crippen molar-refractivity contribution >= 4 is 11.6 Å². The molecule has 138 valence electrons. The molecule has 0 saturated carbocycles. The minimum Gasteiger partial charge on any atom is -0.377 e. The van der Waals surface area contributed by atoms with Crippen molar-refractivity contribution in [3.8, 4) is 0 Å². The lowest BCUT2D eigenvalue weighted by Gasteiger charge is -2.39. The zero-order chi connectivity index (χ0) is 18.3. The molecular weight excluding hydrogens is 335 g/mol. The molecule has 2 aliphatic rings. The molecule has 0 spiro atoms. The number of anilines is 2. The molecule has 0 N–H and O–H groups in total. The van der Waals surface area contributed by atoms with Crippen LogP contribution in [0.2, 0.25) is 0 Å². The Labute approximate surface area is 151 Å². The van der Waals surface area contributed by atoms with Crippen LogP contribution in [0.3, 0.4) is 0 Å². The Morgan fingerprint density at radius 1 is 1.23 bits per heavy atom. The Morgan fingerprint density at radius 2 is 2.00 bits per heavy atom. The van der Waals surface area contributed by atoms with Crippen molar-refractivity contribution in [2.24, 2.45) is 0 Å². The maximum atomic E-state index is 13.4. The van der Waals surface area contributed by atoms with E-state index in [0.717, 1.165) is 37.4 Å². The molecule has 4 rings (SSSR count). The molecule has 1 saturated heterocycles. The van der Waals surface area contributed by atoms with Gasteiger partial charge in [0.1, 0.15) is 5.82 Å². The average Bonchev–Trinajstić information content (AvgIpc) is 3.14. The van der Waals surface area contributed by atoms with Gasteiger partial charge in [-0.15, -0.1) is 0 Å². The number of benzene rings is 1. The first-order valence-electron chi connectivity index (χ1n) is 8.98. The van der Waals surface area contributed by atoms with Crippen LogP contribution in [0.1, 0.15) is 24.1 Å².